The van der Waals surface area contributed by atoms with E-state index in [1.54, 1.807) is 11.3 Å². The number of nitrogens with one attached hydrogen (secondary N) is 1. The Morgan fingerprint density at radius 1 is 1.37 bits per heavy atom. The Labute approximate surface area is 117 Å². The average Bonchev–Trinajstić information content (AvgIpc) is 3.01. The van der Waals surface area contributed by atoms with Crippen LogP contribution in [0.2, 0.25) is 0 Å². The van der Waals surface area contributed by atoms with Crippen molar-refractivity contribution in [1.82, 2.24) is 10.4 Å². The van der Waals surface area contributed by atoms with Crippen LogP contribution < -0.4 is 11.3 Å². The molecule has 1 aliphatic carbocycles. The lowest BCUT2D eigenvalue weighted by Gasteiger charge is -2.21. The zero-order valence-corrected chi connectivity index (χ0v) is 11.9. The van der Waals surface area contributed by atoms with E-state index < -0.39 is 0 Å². The predicted molar refractivity (Wildman–Crippen MR) is 79.0 cm³/mol. The van der Waals surface area contributed by atoms with Gasteiger partial charge >= 0.3 is 0 Å². The number of nitrogens with zero attached hydrogens (tertiary/aromatic N) is 1. The van der Waals surface area contributed by atoms with Gasteiger partial charge in [0.1, 0.15) is 0 Å². The lowest BCUT2D eigenvalue weighted by molar-refractivity contribution is 0.365. The molecule has 1 unspecified atom stereocenters. The molecule has 2 aromatic rings. The number of hydrogen-bond donors (Lipinski definition) is 2. The van der Waals surface area contributed by atoms with Crippen molar-refractivity contribution >= 4 is 11.3 Å². The van der Waals surface area contributed by atoms with E-state index in [9.17, 15) is 0 Å². The van der Waals surface area contributed by atoms with Crippen molar-refractivity contribution in [2.24, 2.45) is 11.8 Å². The molecule has 1 aliphatic rings. The van der Waals surface area contributed by atoms with Crippen LogP contribution in [0.25, 0.3) is 0 Å². The van der Waals surface area contributed by atoms with Crippen molar-refractivity contribution in [3.63, 3.8) is 0 Å². The third-order valence-corrected chi connectivity index (χ3v) is 4.78. The van der Waals surface area contributed by atoms with Crippen molar-refractivity contribution in [1.29, 1.82) is 0 Å². The summed E-state index contributed by atoms with van der Waals surface area (Å²) in [6.45, 7) is 2.05. The number of fused-ring (bicyclic) bond motifs is 1. The van der Waals surface area contributed by atoms with Crippen molar-refractivity contribution in [3.8, 4) is 0 Å². The van der Waals surface area contributed by atoms with Gasteiger partial charge in [-0.3, -0.25) is 11.3 Å². The number of hydrogen-bond acceptors (Lipinski definition) is 4. The number of aromatic nitrogens is 1. The van der Waals surface area contributed by atoms with Crippen molar-refractivity contribution in [2.45, 2.75) is 32.2 Å². The van der Waals surface area contributed by atoms with Crippen LogP contribution in [-0.4, -0.2) is 11.0 Å². The molecule has 1 aromatic heterocycles. The Morgan fingerprint density at radius 3 is 2.58 bits per heavy atom. The van der Waals surface area contributed by atoms with Crippen LogP contribution in [0.15, 0.2) is 29.6 Å². The Hall–Kier alpha value is -1.23. The summed E-state index contributed by atoms with van der Waals surface area (Å²) < 4.78 is 0. The lowest BCUT2D eigenvalue weighted by Crippen LogP contribution is -2.43. The van der Waals surface area contributed by atoms with Gasteiger partial charge in [0.05, 0.1) is 10.7 Å². The maximum Gasteiger partial charge on any atom is 0.0897 e. The van der Waals surface area contributed by atoms with E-state index in [1.807, 2.05) is 6.92 Å². The topological polar surface area (TPSA) is 50.9 Å². The summed E-state index contributed by atoms with van der Waals surface area (Å²) >= 11 is 1.71. The SMILES string of the molecule is Cc1nc(CC(NN)C2Cc3ccccc3C2)cs1. The molecule has 1 heterocycles. The minimum atomic E-state index is 0.300. The monoisotopic (exact) mass is 273 g/mol. The number of benzene rings is 1. The number of thiazole rings is 1. The maximum absolute atomic E-state index is 5.77. The summed E-state index contributed by atoms with van der Waals surface area (Å²) in [4.78, 5) is 4.54. The van der Waals surface area contributed by atoms with E-state index in [4.69, 9.17) is 5.84 Å². The van der Waals surface area contributed by atoms with E-state index in [0.29, 0.717) is 12.0 Å². The predicted octanol–water partition coefficient (Wildman–Crippen LogP) is 2.24. The Bertz CT molecular complexity index is 539. The molecule has 0 saturated carbocycles. The van der Waals surface area contributed by atoms with Crippen LogP contribution >= 0.6 is 11.3 Å². The first-order chi connectivity index (χ1) is 9.26. The van der Waals surface area contributed by atoms with Gasteiger partial charge in [-0.2, -0.15) is 0 Å². The van der Waals surface area contributed by atoms with Gasteiger partial charge in [0.15, 0.2) is 0 Å². The molecule has 4 heteroatoms. The third-order valence-electron chi connectivity index (χ3n) is 3.96. The summed E-state index contributed by atoms with van der Waals surface area (Å²) in [5, 5.41) is 3.27. The fourth-order valence-electron chi connectivity index (χ4n) is 2.97. The number of rotatable bonds is 4. The summed E-state index contributed by atoms with van der Waals surface area (Å²) in [6.07, 6.45) is 3.15. The van der Waals surface area contributed by atoms with Gasteiger partial charge < -0.3 is 0 Å². The minimum Gasteiger partial charge on any atom is -0.271 e. The standard InChI is InChI=1S/C15H19N3S/c1-10-17-14(9-19-10)8-15(18-16)13-6-11-4-2-3-5-12(11)7-13/h2-5,9,13,15,18H,6-8,16H2,1H3. The second-order valence-electron chi connectivity index (χ2n) is 5.27. The molecule has 0 spiro atoms. The maximum atomic E-state index is 5.77. The molecule has 3 N–H and O–H groups in total. The van der Waals surface area contributed by atoms with Crippen molar-refractivity contribution in [3.05, 3.63) is 51.5 Å². The normalized spacial score (nSPS) is 16.5. The average molecular weight is 273 g/mol. The molecule has 1 atom stereocenters. The lowest BCUT2D eigenvalue weighted by atomic mass is 9.93. The van der Waals surface area contributed by atoms with Crippen molar-refractivity contribution in [2.75, 3.05) is 0 Å². The number of nitrogens with two attached hydrogens (primary N) is 1. The highest BCUT2D eigenvalue weighted by Gasteiger charge is 2.28. The van der Waals surface area contributed by atoms with Crippen LogP contribution in [0, 0.1) is 12.8 Å². The highest BCUT2D eigenvalue weighted by molar-refractivity contribution is 7.09. The van der Waals surface area contributed by atoms with E-state index in [-0.39, 0.29) is 0 Å². The molecule has 3 rings (SSSR count). The quantitative estimate of drug-likeness (QED) is 0.663. The van der Waals surface area contributed by atoms with Crippen LogP contribution in [0.4, 0.5) is 0 Å². The van der Waals surface area contributed by atoms with Gasteiger partial charge in [-0.25, -0.2) is 4.98 Å². The first-order valence-electron chi connectivity index (χ1n) is 6.70. The van der Waals surface area contributed by atoms with E-state index in [0.717, 1.165) is 30.0 Å². The summed E-state index contributed by atoms with van der Waals surface area (Å²) in [7, 11) is 0. The fourth-order valence-corrected chi connectivity index (χ4v) is 3.59. The third kappa shape index (κ3) is 2.71. The molecule has 3 nitrogen and oxygen atoms in total. The molecular formula is C15H19N3S. The van der Waals surface area contributed by atoms with Gasteiger partial charge in [-0.15, -0.1) is 11.3 Å². The zero-order valence-electron chi connectivity index (χ0n) is 11.1. The molecular weight excluding hydrogens is 254 g/mol. The van der Waals surface area contributed by atoms with Crippen LogP contribution in [-0.2, 0) is 19.3 Å². The molecule has 0 aliphatic heterocycles. The second-order valence-corrected chi connectivity index (χ2v) is 6.33. The van der Waals surface area contributed by atoms with E-state index in [2.05, 4.69) is 40.1 Å². The van der Waals surface area contributed by atoms with Gasteiger partial charge in [0.25, 0.3) is 0 Å². The largest absolute Gasteiger partial charge is 0.271 e. The Kier molecular flexibility index (Phi) is 3.64. The molecule has 19 heavy (non-hydrogen) atoms. The van der Waals surface area contributed by atoms with E-state index >= 15 is 0 Å². The highest BCUT2D eigenvalue weighted by Crippen LogP contribution is 2.29. The summed E-state index contributed by atoms with van der Waals surface area (Å²) in [6, 6.07) is 9.01. The summed E-state index contributed by atoms with van der Waals surface area (Å²) in [5.41, 5.74) is 7.10. The molecule has 100 valence electrons. The van der Waals surface area contributed by atoms with Gasteiger partial charge in [-0.1, -0.05) is 24.3 Å². The molecule has 0 bridgehead atoms. The number of hydrazine groups is 1. The molecule has 0 fully saturated rings. The first kappa shape index (κ1) is 12.8. The minimum absolute atomic E-state index is 0.300. The molecule has 0 amide bonds. The molecule has 0 radical (unpaired) electrons. The fraction of sp³-hybridized carbons (Fsp3) is 0.400. The summed E-state index contributed by atoms with van der Waals surface area (Å²) in [5.74, 6) is 6.34. The van der Waals surface area contributed by atoms with Crippen LogP contribution in [0.1, 0.15) is 21.8 Å². The second kappa shape index (κ2) is 5.41. The first-order valence-corrected chi connectivity index (χ1v) is 7.58. The molecule has 0 saturated heterocycles. The smallest absolute Gasteiger partial charge is 0.0897 e. The highest BCUT2D eigenvalue weighted by atomic mass is 32.1. The zero-order chi connectivity index (χ0) is 13.2. The van der Waals surface area contributed by atoms with Gasteiger partial charge in [0.2, 0.25) is 0 Å². The molecule has 1 aromatic carbocycles. The van der Waals surface area contributed by atoms with Crippen LogP contribution in [0.5, 0.6) is 0 Å². The number of aryl methyl sites for hydroxylation is 1. The van der Waals surface area contributed by atoms with Gasteiger partial charge in [0, 0.05) is 17.8 Å². The van der Waals surface area contributed by atoms with Gasteiger partial charge in [-0.05, 0) is 36.8 Å². The van der Waals surface area contributed by atoms with Crippen molar-refractivity contribution < 1.29 is 0 Å². The Morgan fingerprint density at radius 2 is 2.05 bits per heavy atom. The van der Waals surface area contributed by atoms with E-state index in [1.165, 1.54) is 11.1 Å². The van der Waals surface area contributed by atoms with Crippen LogP contribution in [0.3, 0.4) is 0 Å². The Balaban J connectivity index is 1.71.